The number of hydrogen-bond donors (Lipinski definition) is 0. The van der Waals surface area contributed by atoms with Gasteiger partial charge in [-0.25, -0.2) is 4.39 Å². The monoisotopic (exact) mass is 263 g/mol. The SMILES string of the molecule is C[C@H]1COC[C@H](C)N1C(=O)/C=C/c1cccc(F)c1. The summed E-state index contributed by atoms with van der Waals surface area (Å²) < 4.78 is 18.4. The minimum atomic E-state index is -0.303. The number of morpholine rings is 1. The number of rotatable bonds is 2. The zero-order valence-electron chi connectivity index (χ0n) is 11.2. The molecule has 1 aromatic rings. The summed E-state index contributed by atoms with van der Waals surface area (Å²) in [6.07, 6.45) is 3.13. The van der Waals surface area contributed by atoms with E-state index in [1.54, 1.807) is 23.1 Å². The smallest absolute Gasteiger partial charge is 0.247 e. The highest BCUT2D eigenvalue weighted by Gasteiger charge is 2.27. The second-order valence-corrected chi connectivity index (χ2v) is 4.87. The van der Waals surface area contributed by atoms with E-state index in [4.69, 9.17) is 4.74 Å². The first-order valence-corrected chi connectivity index (χ1v) is 6.41. The van der Waals surface area contributed by atoms with Gasteiger partial charge in [0.15, 0.2) is 0 Å². The van der Waals surface area contributed by atoms with Gasteiger partial charge in [0.25, 0.3) is 0 Å². The van der Waals surface area contributed by atoms with Crippen LogP contribution in [0.2, 0.25) is 0 Å². The molecule has 1 heterocycles. The summed E-state index contributed by atoms with van der Waals surface area (Å²) in [7, 11) is 0. The van der Waals surface area contributed by atoms with E-state index in [-0.39, 0.29) is 23.8 Å². The van der Waals surface area contributed by atoms with Crippen molar-refractivity contribution in [1.29, 1.82) is 0 Å². The number of hydrogen-bond acceptors (Lipinski definition) is 2. The van der Waals surface area contributed by atoms with Crippen molar-refractivity contribution in [2.24, 2.45) is 0 Å². The van der Waals surface area contributed by atoms with E-state index in [1.165, 1.54) is 18.2 Å². The van der Waals surface area contributed by atoms with E-state index in [9.17, 15) is 9.18 Å². The predicted octanol–water partition coefficient (Wildman–Crippen LogP) is 2.47. The van der Waals surface area contributed by atoms with Gasteiger partial charge in [-0.1, -0.05) is 12.1 Å². The average molecular weight is 263 g/mol. The van der Waals surface area contributed by atoms with E-state index in [0.29, 0.717) is 18.8 Å². The molecule has 0 N–H and O–H groups in total. The van der Waals surface area contributed by atoms with Crippen LogP contribution in [0, 0.1) is 5.82 Å². The number of nitrogens with zero attached hydrogens (tertiary/aromatic N) is 1. The molecule has 0 aromatic heterocycles. The van der Waals surface area contributed by atoms with E-state index in [1.807, 2.05) is 13.8 Å². The van der Waals surface area contributed by atoms with Crippen LogP contribution in [-0.4, -0.2) is 36.1 Å². The van der Waals surface area contributed by atoms with Gasteiger partial charge in [0.2, 0.25) is 5.91 Å². The summed E-state index contributed by atoms with van der Waals surface area (Å²) in [5.74, 6) is -0.365. The standard InChI is InChI=1S/C15H18FNO2/c1-11-9-19-10-12(2)17(11)15(18)7-6-13-4-3-5-14(16)8-13/h3-8,11-12H,9-10H2,1-2H3/b7-6+/t11-,12-/m0/s1. The minimum Gasteiger partial charge on any atom is -0.377 e. The lowest BCUT2D eigenvalue weighted by Gasteiger charge is -2.38. The fourth-order valence-electron chi connectivity index (χ4n) is 2.30. The highest BCUT2D eigenvalue weighted by atomic mass is 19.1. The Morgan fingerprint density at radius 2 is 2.05 bits per heavy atom. The van der Waals surface area contributed by atoms with Crippen LogP contribution < -0.4 is 0 Å². The lowest BCUT2D eigenvalue weighted by molar-refractivity contribution is -0.138. The van der Waals surface area contributed by atoms with E-state index < -0.39 is 0 Å². The molecule has 1 aliphatic rings. The highest BCUT2D eigenvalue weighted by Crippen LogP contribution is 2.14. The van der Waals surface area contributed by atoms with Crippen molar-refractivity contribution in [3.05, 3.63) is 41.7 Å². The Morgan fingerprint density at radius 3 is 2.68 bits per heavy atom. The molecule has 0 saturated carbocycles. The van der Waals surface area contributed by atoms with E-state index in [0.717, 1.165) is 0 Å². The van der Waals surface area contributed by atoms with Crippen molar-refractivity contribution in [3.8, 4) is 0 Å². The van der Waals surface area contributed by atoms with Crippen LogP contribution in [0.4, 0.5) is 4.39 Å². The van der Waals surface area contributed by atoms with Crippen LogP contribution in [0.1, 0.15) is 19.4 Å². The lowest BCUT2D eigenvalue weighted by Crippen LogP contribution is -2.51. The first kappa shape index (κ1) is 13.7. The molecule has 2 atom stereocenters. The minimum absolute atomic E-state index is 0.0624. The molecule has 4 heteroatoms. The van der Waals surface area contributed by atoms with E-state index in [2.05, 4.69) is 0 Å². The molecule has 0 radical (unpaired) electrons. The van der Waals surface area contributed by atoms with Crippen LogP contribution >= 0.6 is 0 Å². The molecule has 2 rings (SSSR count). The van der Waals surface area contributed by atoms with Crippen molar-refractivity contribution in [3.63, 3.8) is 0 Å². The number of carbonyl (C=O) groups is 1. The summed E-state index contributed by atoms with van der Waals surface area (Å²) in [5, 5.41) is 0. The van der Waals surface area contributed by atoms with Crippen molar-refractivity contribution >= 4 is 12.0 Å². The molecular weight excluding hydrogens is 245 g/mol. The molecule has 1 saturated heterocycles. The quantitative estimate of drug-likeness (QED) is 0.767. The first-order chi connectivity index (χ1) is 9.08. The summed E-state index contributed by atoms with van der Waals surface area (Å²) in [4.78, 5) is 14.0. The molecule has 1 aromatic carbocycles. The molecule has 0 bridgehead atoms. The number of halogens is 1. The fourth-order valence-corrected chi connectivity index (χ4v) is 2.30. The van der Waals surface area contributed by atoms with Crippen molar-refractivity contribution in [2.45, 2.75) is 25.9 Å². The fraction of sp³-hybridized carbons (Fsp3) is 0.400. The predicted molar refractivity (Wildman–Crippen MR) is 72.0 cm³/mol. The molecule has 1 amide bonds. The number of amides is 1. The van der Waals surface area contributed by atoms with Crippen LogP contribution in [0.25, 0.3) is 6.08 Å². The molecule has 1 fully saturated rings. The second-order valence-electron chi connectivity index (χ2n) is 4.87. The largest absolute Gasteiger partial charge is 0.377 e. The molecule has 0 spiro atoms. The van der Waals surface area contributed by atoms with Crippen LogP contribution in [0.15, 0.2) is 30.3 Å². The van der Waals surface area contributed by atoms with Gasteiger partial charge < -0.3 is 9.64 Å². The maximum absolute atomic E-state index is 13.0. The average Bonchev–Trinajstić information content (AvgIpc) is 2.36. The number of benzene rings is 1. The Balaban J connectivity index is 2.07. The van der Waals surface area contributed by atoms with Gasteiger partial charge in [0.1, 0.15) is 5.82 Å². The molecule has 102 valence electrons. The molecule has 1 aliphatic heterocycles. The number of ether oxygens (including phenoxy) is 1. The van der Waals surface area contributed by atoms with Gasteiger partial charge in [0.05, 0.1) is 25.3 Å². The first-order valence-electron chi connectivity index (χ1n) is 6.41. The normalized spacial score (nSPS) is 23.8. The van der Waals surface area contributed by atoms with Gasteiger partial charge in [0, 0.05) is 6.08 Å². The van der Waals surface area contributed by atoms with Crippen LogP contribution in [0.3, 0.4) is 0 Å². The van der Waals surface area contributed by atoms with Gasteiger partial charge in [-0.3, -0.25) is 4.79 Å². The van der Waals surface area contributed by atoms with Crippen LogP contribution in [-0.2, 0) is 9.53 Å². The Morgan fingerprint density at radius 1 is 1.37 bits per heavy atom. The third-order valence-electron chi connectivity index (χ3n) is 3.19. The summed E-state index contributed by atoms with van der Waals surface area (Å²) in [5.41, 5.74) is 0.682. The van der Waals surface area contributed by atoms with Crippen LogP contribution in [0.5, 0.6) is 0 Å². The molecule has 0 unspecified atom stereocenters. The lowest BCUT2D eigenvalue weighted by atomic mass is 10.1. The Hall–Kier alpha value is -1.68. The summed E-state index contributed by atoms with van der Waals surface area (Å²) >= 11 is 0. The maximum Gasteiger partial charge on any atom is 0.247 e. The van der Waals surface area contributed by atoms with Crippen molar-refractivity contribution in [2.75, 3.05) is 13.2 Å². The third kappa shape index (κ3) is 3.41. The van der Waals surface area contributed by atoms with Gasteiger partial charge in [-0.05, 0) is 37.6 Å². The van der Waals surface area contributed by atoms with Gasteiger partial charge in [-0.15, -0.1) is 0 Å². The Labute approximate surface area is 112 Å². The molecule has 0 aliphatic carbocycles. The maximum atomic E-state index is 13.0. The number of carbonyl (C=O) groups excluding carboxylic acids is 1. The molecular formula is C15H18FNO2. The second kappa shape index (κ2) is 5.97. The van der Waals surface area contributed by atoms with Gasteiger partial charge in [-0.2, -0.15) is 0 Å². The summed E-state index contributed by atoms with van der Waals surface area (Å²) in [6.45, 7) is 5.04. The van der Waals surface area contributed by atoms with Crippen molar-refractivity contribution < 1.29 is 13.9 Å². The zero-order chi connectivity index (χ0) is 13.8. The highest BCUT2D eigenvalue weighted by molar-refractivity contribution is 5.92. The Bertz CT molecular complexity index is 477. The zero-order valence-corrected chi connectivity index (χ0v) is 11.2. The van der Waals surface area contributed by atoms with E-state index >= 15 is 0 Å². The summed E-state index contributed by atoms with van der Waals surface area (Å²) in [6, 6.07) is 6.29. The third-order valence-corrected chi connectivity index (χ3v) is 3.19. The Kier molecular flexibility index (Phi) is 4.32. The van der Waals surface area contributed by atoms with Gasteiger partial charge >= 0.3 is 0 Å². The molecule has 3 nitrogen and oxygen atoms in total. The van der Waals surface area contributed by atoms with Crippen molar-refractivity contribution in [1.82, 2.24) is 4.90 Å². The topological polar surface area (TPSA) is 29.5 Å². The molecule has 19 heavy (non-hydrogen) atoms.